The van der Waals surface area contributed by atoms with Crippen LogP contribution in [0.5, 0.6) is 0 Å². The molecule has 8 nitrogen and oxygen atoms in total. The maximum absolute atomic E-state index is 11.5. The van der Waals surface area contributed by atoms with Gasteiger partial charge in [0.2, 0.25) is 6.29 Å². The van der Waals surface area contributed by atoms with Crippen LogP contribution in [0.3, 0.4) is 0 Å². The second kappa shape index (κ2) is 8.18. The Balaban J connectivity index is 3.97. The highest BCUT2D eigenvalue weighted by molar-refractivity contribution is 7.79. The predicted octanol–water partition coefficient (Wildman–Crippen LogP) is 0.578. The average molecular weight is 311 g/mol. The molecular formula is C11H21NO7S. The molecule has 0 aromatic rings. The number of rotatable bonds is 6. The minimum atomic E-state index is -2.36. The first-order chi connectivity index (χ1) is 9.04. The van der Waals surface area contributed by atoms with Crippen LogP contribution in [0.2, 0.25) is 0 Å². The van der Waals surface area contributed by atoms with Crippen LogP contribution in [0.4, 0.5) is 4.79 Å². The monoisotopic (exact) mass is 311 g/mol. The van der Waals surface area contributed by atoms with Crippen molar-refractivity contribution in [2.45, 2.75) is 45.8 Å². The largest absolute Gasteiger partial charge is 0.425 e. The summed E-state index contributed by atoms with van der Waals surface area (Å²) < 4.78 is 28.6. The minimum absolute atomic E-state index is 0.0494. The topological polar surface area (TPSA) is 122 Å². The summed E-state index contributed by atoms with van der Waals surface area (Å²) in [7, 11) is 0. The second-order valence-electron chi connectivity index (χ2n) is 5.07. The third-order valence-corrected chi connectivity index (χ3v) is 2.75. The molecule has 0 aliphatic heterocycles. The number of ether oxygens (including phenoxy) is 2. The number of hydrogen-bond acceptors (Lipinski definition) is 6. The predicted molar refractivity (Wildman–Crippen MR) is 70.9 cm³/mol. The molecule has 20 heavy (non-hydrogen) atoms. The number of carbonyl (C=O) groups is 2. The van der Waals surface area contributed by atoms with Crippen molar-refractivity contribution >= 4 is 23.1 Å². The molecule has 0 spiro atoms. The lowest BCUT2D eigenvalue weighted by Crippen LogP contribution is -2.34. The Morgan fingerprint density at radius 2 is 1.85 bits per heavy atom. The van der Waals surface area contributed by atoms with Gasteiger partial charge in [0.05, 0.1) is 5.41 Å². The third kappa shape index (κ3) is 8.08. The van der Waals surface area contributed by atoms with E-state index < -0.39 is 40.3 Å². The second-order valence-corrected chi connectivity index (χ2v) is 6.17. The molecule has 0 radical (unpaired) electrons. The molecule has 9 heteroatoms. The average Bonchev–Trinajstić information content (AvgIpc) is 2.26. The lowest BCUT2D eigenvalue weighted by atomic mass is 9.97. The maximum atomic E-state index is 11.5. The summed E-state index contributed by atoms with van der Waals surface area (Å²) >= 11 is -2.36. The van der Waals surface area contributed by atoms with E-state index in [9.17, 15) is 13.8 Å². The molecular weight excluding hydrogens is 290 g/mol. The van der Waals surface area contributed by atoms with E-state index in [-0.39, 0.29) is 13.0 Å². The molecule has 0 fully saturated rings. The number of amides is 1. The molecule has 3 N–H and O–H groups in total. The Morgan fingerprint density at radius 3 is 2.30 bits per heavy atom. The fourth-order valence-electron chi connectivity index (χ4n) is 0.942. The Bertz CT molecular complexity index is 366. The van der Waals surface area contributed by atoms with Gasteiger partial charge in [0.25, 0.3) is 0 Å². The van der Waals surface area contributed by atoms with Gasteiger partial charge in [-0.3, -0.25) is 4.79 Å². The van der Waals surface area contributed by atoms with Crippen LogP contribution >= 0.6 is 0 Å². The highest BCUT2D eigenvalue weighted by Crippen LogP contribution is 2.16. The van der Waals surface area contributed by atoms with Crippen molar-refractivity contribution < 1.29 is 32.9 Å². The first kappa shape index (κ1) is 18.8. The van der Waals surface area contributed by atoms with E-state index in [4.69, 9.17) is 19.1 Å². The molecule has 0 rings (SSSR count). The lowest BCUT2D eigenvalue weighted by Gasteiger charge is -2.20. The number of esters is 1. The zero-order chi connectivity index (χ0) is 15.9. The van der Waals surface area contributed by atoms with Crippen molar-refractivity contribution in [2.24, 2.45) is 5.41 Å². The quantitative estimate of drug-likeness (QED) is 0.372. The van der Waals surface area contributed by atoms with Crippen LogP contribution in [0.1, 0.15) is 34.1 Å². The lowest BCUT2D eigenvalue weighted by molar-refractivity contribution is -0.174. The SMILES string of the molecule is CC(OC(=O)NCCC(O)S(=O)O)OC(=O)C(C)(C)C. The van der Waals surface area contributed by atoms with Gasteiger partial charge >= 0.3 is 12.1 Å². The number of alkyl carbamates (subject to hydrolysis) is 1. The standard InChI is InChI=1S/C11H21NO7S/c1-7(18-9(14)11(2,3)4)19-10(15)12-6-5-8(13)20(16)17/h7-8,13H,5-6H2,1-4H3,(H,12,15)(H,16,17). The van der Waals surface area contributed by atoms with E-state index >= 15 is 0 Å². The number of nitrogens with one attached hydrogen (secondary N) is 1. The van der Waals surface area contributed by atoms with Crippen molar-refractivity contribution in [3.8, 4) is 0 Å². The maximum Gasteiger partial charge on any atom is 0.410 e. The third-order valence-electron chi connectivity index (χ3n) is 2.05. The van der Waals surface area contributed by atoms with Gasteiger partial charge in [-0.05, 0) is 20.8 Å². The van der Waals surface area contributed by atoms with Crippen molar-refractivity contribution in [3.05, 3.63) is 0 Å². The Labute approximate surface area is 120 Å². The molecule has 3 unspecified atom stereocenters. The number of hydrogen-bond donors (Lipinski definition) is 3. The molecule has 1 amide bonds. The van der Waals surface area contributed by atoms with Crippen molar-refractivity contribution in [2.75, 3.05) is 6.54 Å². The van der Waals surface area contributed by atoms with E-state index in [0.29, 0.717) is 0 Å². The van der Waals surface area contributed by atoms with Gasteiger partial charge in [0.15, 0.2) is 16.5 Å². The van der Waals surface area contributed by atoms with Crippen LogP contribution < -0.4 is 5.32 Å². The van der Waals surface area contributed by atoms with Gasteiger partial charge in [-0.25, -0.2) is 9.00 Å². The van der Waals surface area contributed by atoms with Crippen LogP contribution in [0.25, 0.3) is 0 Å². The first-order valence-corrected chi connectivity index (χ1v) is 7.14. The molecule has 0 aliphatic carbocycles. The molecule has 3 atom stereocenters. The van der Waals surface area contributed by atoms with Crippen LogP contribution in [-0.2, 0) is 25.3 Å². The summed E-state index contributed by atoms with van der Waals surface area (Å²) in [6.07, 6.45) is -2.01. The van der Waals surface area contributed by atoms with E-state index in [1.54, 1.807) is 20.8 Å². The van der Waals surface area contributed by atoms with Gasteiger partial charge in [0.1, 0.15) is 0 Å². The van der Waals surface area contributed by atoms with Gasteiger partial charge in [0, 0.05) is 19.9 Å². The molecule has 0 aromatic carbocycles. The first-order valence-electron chi connectivity index (χ1n) is 5.97. The Morgan fingerprint density at radius 1 is 1.30 bits per heavy atom. The van der Waals surface area contributed by atoms with Gasteiger partial charge in [-0.1, -0.05) is 0 Å². The summed E-state index contributed by atoms with van der Waals surface area (Å²) in [5, 5.41) is 11.3. The zero-order valence-electron chi connectivity index (χ0n) is 11.9. The van der Waals surface area contributed by atoms with E-state index in [0.717, 1.165) is 0 Å². The van der Waals surface area contributed by atoms with E-state index in [1.807, 2.05) is 0 Å². The highest BCUT2D eigenvalue weighted by atomic mass is 32.2. The van der Waals surface area contributed by atoms with E-state index in [2.05, 4.69) is 5.32 Å². The molecule has 118 valence electrons. The molecule has 0 aromatic heterocycles. The molecule has 0 heterocycles. The summed E-state index contributed by atoms with van der Waals surface area (Å²) in [5.74, 6) is -0.510. The minimum Gasteiger partial charge on any atom is -0.425 e. The summed E-state index contributed by atoms with van der Waals surface area (Å²) in [6, 6.07) is 0. The van der Waals surface area contributed by atoms with Crippen LogP contribution in [0.15, 0.2) is 0 Å². The van der Waals surface area contributed by atoms with Crippen molar-refractivity contribution in [1.82, 2.24) is 5.32 Å². The molecule has 0 saturated heterocycles. The number of aliphatic hydroxyl groups is 1. The Hall–Kier alpha value is -1.19. The van der Waals surface area contributed by atoms with Gasteiger partial charge in [-0.15, -0.1) is 0 Å². The van der Waals surface area contributed by atoms with Crippen LogP contribution in [-0.4, -0.2) is 44.2 Å². The van der Waals surface area contributed by atoms with Crippen LogP contribution in [0, 0.1) is 5.41 Å². The molecule has 0 bridgehead atoms. The fraction of sp³-hybridized carbons (Fsp3) is 0.818. The molecule has 0 aliphatic rings. The summed E-state index contributed by atoms with van der Waals surface area (Å²) in [6.45, 7) is 6.34. The van der Waals surface area contributed by atoms with Crippen molar-refractivity contribution in [3.63, 3.8) is 0 Å². The molecule has 0 saturated carbocycles. The van der Waals surface area contributed by atoms with Crippen molar-refractivity contribution in [1.29, 1.82) is 0 Å². The Kier molecular flexibility index (Phi) is 7.69. The number of aliphatic hydroxyl groups excluding tert-OH is 1. The zero-order valence-corrected chi connectivity index (χ0v) is 12.7. The highest BCUT2D eigenvalue weighted by Gasteiger charge is 2.26. The summed E-state index contributed by atoms with van der Waals surface area (Å²) in [5.41, 5.74) is -2.14. The normalized spacial score (nSPS) is 15.9. The van der Waals surface area contributed by atoms with Gasteiger partial charge < -0.3 is 24.4 Å². The summed E-state index contributed by atoms with van der Waals surface area (Å²) in [4.78, 5) is 22.8. The smallest absolute Gasteiger partial charge is 0.410 e. The number of carbonyl (C=O) groups excluding carboxylic acids is 2. The van der Waals surface area contributed by atoms with E-state index in [1.165, 1.54) is 6.92 Å². The fourth-order valence-corrected chi connectivity index (χ4v) is 1.26. The van der Waals surface area contributed by atoms with Gasteiger partial charge in [-0.2, -0.15) is 0 Å².